The molecule has 5 nitrogen and oxygen atoms in total. The number of anilines is 2. The molecule has 1 aliphatic carbocycles. The van der Waals surface area contributed by atoms with Crippen molar-refractivity contribution >= 4 is 11.6 Å². The van der Waals surface area contributed by atoms with Crippen molar-refractivity contribution in [3.05, 3.63) is 11.9 Å². The van der Waals surface area contributed by atoms with Gasteiger partial charge in [0, 0.05) is 25.6 Å². The highest BCUT2D eigenvalue weighted by molar-refractivity contribution is 5.47. The Balaban J connectivity index is 1.83. The van der Waals surface area contributed by atoms with E-state index >= 15 is 0 Å². The fraction of sp³-hybridized carbons (Fsp3) is 0.667. The van der Waals surface area contributed by atoms with Crippen molar-refractivity contribution in [3.8, 4) is 0 Å². The van der Waals surface area contributed by atoms with Crippen LogP contribution in [-0.4, -0.2) is 43.2 Å². The van der Waals surface area contributed by atoms with E-state index in [0.717, 1.165) is 24.5 Å². The molecule has 0 spiro atoms. The molecule has 2 rings (SSSR count). The quantitative estimate of drug-likeness (QED) is 0.710. The number of rotatable bonds is 8. The maximum atomic E-state index is 11.9. The molecule has 1 aromatic rings. The molecule has 0 bridgehead atoms. The Kier molecular flexibility index (Phi) is 4.84. The van der Waals surface area contributed by atoms with E-state index < -0.39 is 13.0 Å². The Hall–Kier alpha value is -1.50. The fourth-order valence-electron chi connectivity index (χ4n) is 1.63. The Morgan fingerprint density at radius 1 is 1.37 bits per heavy atom. The molecule has 1 fully saturated rings. The number of hydrogen-bond acceptors (Lipinski definition) is 5. The lowest BCUT2D eigenvalue weighted by atomic mass is 10.3. The minimum atomic E-state index is -2.42. The molecule has 0 saturated heterocycles. The summed E-state index contributed by atoms with van der Waals surface area (Å²) in [7, 11) is 1.80. The van der Waals surface area contributed by atoms with Crippen molar-refractivity contribution in [1.29, 1.82) is 0 Å². The van der Waals surface area contributed by atoms with Gasteiger partial charge >= 0.3 is 0 Å². The highest BCUT2D eigenvalue weighted by Gasteiger charge is 2.27. The van der Waals surface area contributed by atoms with E-state index in [1.54, 1.807) is 13.1 Å². The Morgan fingerprint density at radius 3 is 2.74 bits per heavy atom. The molecule has 0 radical (unpaired) electrons. The third-order valence-corrected chi connectivity index (χ3v) is 2.74. The second kappa shape index (κ2) is 6.60. The predicted molar refractivity (Wildman–Crippen MR) is 68.9 cm³/mol. The number of aromatic nitrogens is 2. The molecule has 0 unspecified atom stereocenters. The molecule has 1 aromatic heterocycles. The van der Waals surface area contributed by atoms with Crippen LogP contribution in [0.4, 0.5) is 20.4 Å². The van der Waals surface area contributed by atoms with E-state index in [1.165, 1.54) is 0 Å². The number of halogens is 2. The van der Waals surface area contributed by atoms with E-state index in [0.29, 0.717) is 18.3 Å². The van der Waals surface area contributed by atoms with Crippen LogP contribution in [0.25, 0.3) is 0 Å². The van der Waals surface area contributed by atoms with Crippen LogP contribution in [-0.2, 0) is 4.74 Å². The number of alkyl halides is 2. The number of nitrogens with zero attached hydrogens (tertiary/aromatic N) is 2. The van der Waals surface area contributed by atoms with Crippen LogP contribution < -0.4 is 10.6 Å². The zero-order valence-electron chi connectivity index (χ0n) is 10.8. The first-order valence-corrected chi connectivity index (χ1v) is 6.35. The molecular weight excluding hydrogens is 254 g/mol. The Bertz CT molecular complexity index is 413. The maximum absolute atomic E-state index is 11.9. The number of nitrogens with one attached hydrogen (secondary N) is 2. The Morgan fingerprint density at radius 2 is 2.11 bits per heavy atom. The summed E-state index contributed by atoms with van der Waals surface area (Å²) in [5.74, 6) is 2.75. The maximum Gasteiger partial charge on any atom is 0.261 e. The fourth-order valence-corrected chi connectivity index (χ4v) is 1.63. The summed E-state index contributed by atoms with van der Waals surface area (Å²) in [6, 6.07) is 1.79. The van der Waals surface area contributed by atoms with Gasteiger partial charge in [0.2, 0.25) is 0 Å². The monoisotopic (exact) mass is 272 g/mol. The van der Waals surface area contributed by atoms with Crippen LogP contribution in [0.1, 0.15) is 24.6 Å². The highest BCUT2D eigenvalue weighted by Crippen LogP contribution is 2.38. The standard InChI is InChI=1S/C12H18F2N4O/c1-15-10-6-11(16-4-5-19-7-9(13)14)18-12(17-10)8-2-3-8/h6,8-9H,2-5,7H2,1H3,(H2,15,16,17,18). The SMILES string of the molecule is CNc1cc(NCCOCC(F)F)nc(C2CC2)n1. The van der Waals surface area contributed by atoms with E-state index in [2.05, 4.69) is 20.6 Å². The molecule has 0 aromatic carbocycles. The van der Waals surface area contributed by atoms with Gasteiger partial charge in [-0.05, 0) is 12.8 Å². The molecule has 0 amide bonds. The third-order valence-electron chi connectivity index (χ3n) is 2.74. The van der Waals surface area contributed by atoms with Gasteiger partial charge in [0.25, 0.3) is 6.43 Å². The molecule has 0 atom stereocenters. The molecule has 1 saturated carbocycles. The summed E-state index contributed by atoms with van der Waals surface area (Å²) in [4.78, 5) is 8.80. The normalized spacial score (nSPS) is 14.7. The van der Waals surface area contributed by atoms with Crippen LogP contribution >= 0.6 is 0 Å². The molecule has 1 heterocycles. The second-order valence-corrected chi connectivity index (χ2v) is 4.41. The second-order valence-electron chi connectivity index (χ2n) is 4.41. The van der Waals surface area contributed by atoms with Crippen molar-refractivity contribution in [3.63, 3.8) is 0 Å². The highest BCUT2D eigenvalue weighted by atomic mass is 19.3. The van der Waals surface area contributed by atoms with E-state index in [-0.39, 0.29) is 6.61 Å². The number of hydrogen-bond donors (Lipinski definition) is 2. The molecule has 0 aliphatic heterocycles. The molecule has 7 heteroatoms. The van der Waals surface area contributed by atoms with E-state index in [9.17, 15) is 8.78 Å². The van der Waals surface area contributed by atoms with Gasteiger partial charge in [0.15, 0.2) is 0 Å². The summed E-state index contributed by atoms with van der Waals surface area (Å²) in [6.45, 7) is 0.138. The predicted octanol–water partition coefficient (Wildman–Crippen LogP) is 2.09. The first kappa shape index (κ1) is 13.9. The van der Waals surface area contributed by atoms with Crippen molar-refractivity contribution in [2.24, 2.45) is 0 Å². The third kappa shape index (κ3) is 4.59. The summed E-state index contributed by atoms with van der Waals surface area (Å²) < 4.78 is 28.5. The van der Waals surface area contributed by atoms with Gasteiger partial charge in [-0.2, -0.15) is 0 Å². The van der Waals surface area contributed by atoms with Gasteiger partial charge in [-0.3, -0.25) is 0 Å². The molecular formula is C12H18F2N4O. The average Bonchev–Trinajstić information content (AvgIpc) is 3.22. The van der Waals surface area contributed by atoms with Gasteiger partial charge in [-0.1, -0.05) is 0 Å². The summed E-state index contributed by atoms with van der Waals surface area (Å²) in [5.41, 5.74) is 0. The van der Waals surface area contributed by atoms with Crippen LogP contribution in [0.2, 0.25) is 0 Å². The van der Waals surface area contributed by atoms with Gasteiger partial charge in [-0.25, -0.2) is 18.7 Å². The van der Waals surface area contributed by atoms with Crippen molar-refractivity contribution < 1.29 is 13.5 Å². The lowest BCUT2D eigenvalue weighted by molar-refractivity contribution is 0.0215. The minimum absolute atomic E-state index is 0.224. The molecule has 2 N–H and O–H groups in total. The van der Waals surface area contributed by atoms with Crippen LogP contribution in [0, 0.1) is 0 Å². The van der Waals surface area contributed by atoms with E-state index in [1.807, 2.05) is 0 Å². The average molecular weight is 272 g/mol. The van der Waals surface area contributed by atoms with Crippen molar-refractivity contribution in [2.75, 3.05) is 37.4 Å². The largest absolute Gasteiger partial charge is 0.374 e. The van der Waals surface area contributed by atoms with Crippen molar-refractivity contribution in [1.82, 2.24) is 9.97 Å². The smallest absolute Gasteiger partial charge is 0.261 e. The lowest BCUT2D eigenvalue weighted by Crippen LogP contribution is -2.14. The van der Waals surface area contributed by atoms with Gasteiger partial charge in [-0.15, -0.1) is 0 Å². The van der Waals surface area contributed by atoms with Gasteiger partial charge in [0.05, 0.1) is 6.61 Å². The molecule has 1 aliphatic rings. The lowest BCUT2D eigenvalue weighted by Gasteiger charge is -2.09. The summed E-state index contributed by atoms with van der Waals surface area (Å²) in [6.07, 6.45) is -0.162. The zero-order valence-corrected chi connectivity index (χ0v) is 10.8. The first-order chi connectivity index (χ1) is 9.19. The topological polar surface area (TPSA) is 59.1 Å². The first-order valence-electron chi connectivity index (χ1n) is 6.35. The molecule has 19 heavy (non-hydrogen) atoms. The van der Waals surface area contributed by atoms with Gasteiger partial charge < -0.3 is 15.4 Å². The van der Waals surface area contributed by atoms with Gasteiger partial charge in [0.1, 0.15) is 24.1 Å². The van der Waals surface area contributed by atoms with Crippen LogP contribution in [0.15, 0.2) is 6.07 Å². The summed E-state index contributed by atoms with van der Waals surface area (Å²) >= 11 is 0. The minimum Gasteiger partial charge on any atom is -0.374 e. The Labute approximate surface area is 110 Å². The summed E-state index contributed by atoms with van der Waals surface area (Å²) in [5, 5.41) is 6.04. The number of ether oxygens (including phenoxy) is 1. The van der Waals surface area contributed by atoms with Crippen molar-refractivity contribution in [2.45, 2.75) is 25.2 Å². The molecule has 106 valence electrons. The van der Waals surface area contributed by atoms with Crippen LogP contribution in [0.5, 0.6) is 0 Å². The van der Waals surface area contributed by atoms with E-state index in [4.69, 9.17) is 4.74 Å². The zero-order chi connectivity index (χ0) is 13.7. The van der Waals surface area contributed by atoms with Crippen LogP contribution in [0.3, 0.4) is 0 Å².